The highest BCUT2D eigenvalue weighted by Gasteiger charge is 2.21. The first-order chi connectivity index (χ1) is 10.1. The highest BCUT2D eigenvalue weighted by molar-refractivity contribution is 5.76. The molecular weight excluding hydrogens is 266 g/mol. The molecule has 1 aliphatic rings. The molecule has 0 aromatic rings. The Morgan fingerprint density at radius 3 is 2.95 bits per heavy atom. The summed E-state index contributed by atoms with van der Waals surface area (Å²) < 4.78 is 5.03. The van der Waals surface area contributed by atoms with E-state index < -0.39 is 0 Å². The number of piperidine rings is 1. The summed E-state index contributed by atoms with van der Waals surface area (Å²) in [5.74, 6) is 1.32. The first kappa shape index (κ1) is 18.4. The van der Waals surface area contributed by atoms with Crippen LogP contribution in [0.2, 0.25) is 0 Å². The third-order valence-corrected chi connectivity index (χ3v) is 4.35. The molecule has 1 saturated heterocycles. The molecule has 1 fully saturated rings. The second kappa shape index (κ2) is 11.0. The van der Waals surface area contributed by atoms with Gasteiger partial charge in [-0.15, -0.1) is 0 Å². The van der Waals surface area contributed by atoms with E-state index in [1.54, 1.807) is 7.11 Å². The Bertz CT molecular complexity index is 281. The summed E-state index contributed by atoms with van der Waals surface area (Å²) in [6.45, 7) is 7.83. The third kappa shape index (κ3) is 8.39. The van der Waals surface area contributed by atoms with Gasteiger partial charge in [0.25, 0.3) is 0 Å². The fraction of sp³-hybridized carbons (Fsp3) is 0.938. The lowest BCUT2D eigenvalue weighted by molar-refractivity contribution is -0.122. The van der Waals surface area contributed by atoms with Gasteiger partial charge < -0.3 is 20.3 Å². The van der Waals surface area contributed by atoms with Crippen molar-refractivity contribution in [1.82, 2.24) is 15.5 Å². The lowest BCUT2D eigenvalue weighted by atomic mass is 9.85. The first-order valence-corrected chi connectivity index (χ1v) is 8.28. The van der Waals surface area contributed by atoms with E-state index in [1.165, 1.54) is 12.8 Å². The van der Waals surface area contributed by atoms with E-state index in [0.717, 1.165) is 45.8 Å². The maximum atomic E-state index is 12.0. The zero-order valence-corrected chi connectivity index (χ0v) is 14.0. The number of hydrogen-bond acceptors (Lipinski definition) is 4. The van der Waals surface area contributed by atoms with Crippen molar-refractivity contribution >= 4 is 5.91 Å². The van der Waals surface area contributed by atoms with Gasteiger partial charge in [-0.25, -0.2) is 0 Å². The van der Waals surface area contributed by atoms with Crippen LogP contribution in [0.4, 0.5) is 0 Å². The van der Waals surface area contributed by atoms with Crippen molar-refractivity contribution in [2.75, 3.05) is 53.5 Å². The SMILES string of the molecule is COCCCN(C)CCNC(=O)CC(C)C1CCCNC1. The highest BCUT2D eigenvalue weighted by atomic mass is 16.5. The Balaban J connectivity index is 2.07. The van der Waals surface area contributed by atoms with Crippen molar-refractivity contribution in [2.24, 2.45) is 11.8 Å². The van der Waals surface area contributed by atoms with E-state index in [-0.39, 0.29) is 5.91 Å². The van der Waals surface area contributed by atoms with E-state index in [1.807, 2.05) is 0 Å². The quantitative estimate of drug-likeness (QED) is 0.593. The van der Waals surface area contributed by atoms with Crippen LogP contribution in [-0.2, 0) is 9.53 Å². The zero-order chi connectivity index (χ0) is 15.5. The van der Waals surface area contributed by atoms with Crippen molar-refractivity contribution in [3.63, 3.8) is 0 Å². The first-order valence-electron chi connectivity index (χ1n) is 8.28. The summed E-state index contributed by atoms with van der Waals surface area (Å²) in [4.78, 5) is 14.2. The summed E-state index contributed by atoms with van der Waals surface area (Å²) in [7, 11) is 3.81. The number of nitrogens with zero attached hydrogens (tertiary/aromatic N) is 1. The largest absolute Gasteiger partial charge is 0.385 e. The molecule has 5 nitrogen and oxygen atoms in total. The summed E-state index contributed by atoms with van der Waals surface area (Å²) in [6, 6.07) is 0. The van der Waals surface area contributed by atoms with E-state index in [9.17, 15) is 4.79 Å². The van der Waals surface area contributed by atoms with Crippen LogP contribution in [0.15, 0.2) is 0 Å². The minimum Gasteiger partial charge on any atom is -0.385 e. The minimum atomic E-state index is 0.193. The Morgan fingerprint density at radius 2 is 2.29 bits per heavy atom. The number of nitrogens with one attached hydrogen (secondary N) is 2. The number of hydrogen-bond donors (Lipinski definition) is 2. The molecule has 0 bridgehead atoms. The van der Waals surface area contributed by atoms with Gasteiger partial charge in [-0.2, -0.15) is 0 Å². The number of carbonyl (C=O) groups is 1. The van der Waals surface area contributed by atoms with E-state index in [4.69, 9.17) is 4.74 Å². The second-order valence-electron chi connectivity index (χ2n) is 6.29. The maximum absolute atomic E-state index is 12.0. The number of ether oxygens (including phenoxy) is 1. The summed E-state index contributed by atoms with van der Waals surface area (Å²) in [5.41, 5.74) is 0. The maximum Gasteiger partial charge on any atom is 0.220 e. The fourth-order valence-corrected chi connectivity index (χ4v) is 2.87. The number of rotatable bonds is 10. The molecule has 1 aliphatic heterocycles. The summed E-state index contributed by atoms with van der Waals surface area (Å²) >= 11 is 0. The van der Waals surface area contributed by atoms with Crippen molar-refractivity contribution in [1.29, 1.82) is 0 Å². The smallest absolute Gasteiger partial charge is 0.220 e. The molecule has 2 N–H and O–H groups in total. The second-order valence-corrected chi connectivity index (χ2v) is 6.29. The minimum absolute atomic E-state index is 0.193. The van der Waals surface area contributed by atoms with E-state index in [2.05, 4.69) is 29.5 Å². The predicted octanol–water partition coefficient (Wildman–Crippen LogP) is 1.10. The van der Waals surface area contributed by atoms with Crippen LogP contribution in [0.25, 0.3) is 0 Å². The monoisotopic (exact) mass is 299 g/mol. The molecule has 1 heterocycles. The molecule has 0 aliphatic carbocycles. The standard InChI is InChI=1S/C16H33N3O2/c1-14(15-6-4-7-17-13-15)12-16(20)18-8-10-19(2)9-5-11-21-3/h14-15,17H,4-13H2,1-3H3,(H,18,20). The zero-order valence-electron chi connectivity index (χ0n) is 14.0. The van der Waals surface area contributed by atoms with Gasteiger partial charge in [0.2, 0.25) is 5.91 Å². The van der Waals surface area contributed by atoms with Crippen molar-refractivity contribution in [2.45, 2.75) is 32.6 Å². The molecule has 0 saturated carbocycles. The van der Waals surface area contributed by atoms with Crippen LogP contribution >= 0.6 is 0 Å². The molecule has 124 valence electrons. The number of methoxy groups -OCH3 is 1. The van der Waals surface area contributed by atoms with Gasteiger partial charge >= 0.3 is 0 Å². The number of carbonyl (C=O) groups excluding carboxylic acids is 1. The number of amides is 1. The van der Waals surface area contributed by atoms with Crippen molar-refractivity contribution < 1.29 is 9.53 Å². The molecule has 21 heavy (non-hydrogen) atoms. The van der Waals surface area contributed by atoms with E-state index >= 15 is 0 Å². The van der Waals surface area contributed by atoms with Crippen LogP contribution in [0.3, 0.4) is 0 Å². The lowest BCUT2D eigenvalue weighted by Crippen LogP contribution is -2.37. The van der Waals surface area contributed by atoms with E-state index in [0.29, 0.717) is 18.3 Å². The normalized spacial score (nSPS) is 20.5. The average molecular weight is 299 g/mol. The Kier molecular flexibility index (Phi) is 9.63. The van der Waals surface area contributed by atoms with Gasteiger partial charge in [0, 0.05) is 39.8 Å². The molecule has 1 amide bonds. The molecule has 2 atom stereocenters. The van der Waals surface area contributed by atoms with Crippen LogP contribution in [0.5, 0.6) is 0 Å². The Labute approximate surface area is 129 Å². The van der Waals surface area contributed by atoms with Crippen molar-refractivity contribution in [3.8, 4) is 0 Å². The molecule has 2 unspecified atom stereocenters. The van der Waals surface area contributed by atoms with Gasteiger partial charge in [0.15, 0.2) is 0 Å². The van der Waals surface area contributed by atoms with Gasteiger partial charge in [-0.3, -0.25) is 4.79 Å². The number of likely N-dealkylation sites (N-methyl/N-ethyl adjacent to an activating group) is 1. The van der Waals surface area contributed by atoms with Crippen LogP contribution in [0.1, 0.15) is 32.6 Å². The highest BCUT2D eigenvalue weighted by Crippen LogP contribution is 2.22. The van der Waals surface area contributed by atoms with Gasteiger partial charge in [-0.05, 0) is 51.2 Å². The molecule has 0 radical (unpaired) electrons. The Morgan fingerprint density at radius 1 is 1.48 bits per heavy atom. The molecule has 5 heteroatoms. The predicted molar refractivity (Wildman–Crippen MR) is 86.4 cm³/mol. The molecular formula is C16H33N3O2. The molecule has 0 spiro atoms. The summed E-state index contributed by atoms with van der Waals surface area (Å²) in [5, 5.41) is 6.46. The van der Waals surface area contributed by atoms with Gasteiger partial charge in [0.1, 0.15) is 0 Å². The van der Waals surface area contributed by atoms with Crippen LogP contribution in [-0.4, -0.2) is 64.3 Å². The molecule has 0 aromatic carbocycles. The molecule has 0 aromatic heterocycles. The van der Waals surface area contributed by atoms with Crippen LogP contribution in [0, 0.1) is 11.8 Å². The summed E-state index contributed by atoms with van der Waals surface area (Å²) in [6.07, 6.45) is 4.18. The molecule has 1 rings (SSSR count). The lowest BCUT2D eigenvalue weighted by Gasteiger charge is -2.28. The van der Waals surface area contributed by atoms with Crippen molar-refractivity contribution in [3.05, 3.63) is 0 Å². The van der Waals surface area contributed by atoms with Gasteiger partial charge in [0.05, 0.1) is 0 Å². The third-order valence-electron chi connectivity index (χ3n) is 4.35. The average Bonchev–Trinajstić information content (AvgIpc) is 2.48. The van der Waals surface area contributed by atoms with Gasteiger partial charge in [-0.1, -0.05) is 6.92 Å². The fourth-order valence-electron chi connectivity index (χ4n) is 2.87. The Hall–Kier alpha value is -0.650. The van der Waals surface area contributed by atoms with Crippen LogP contribution < -0.4 is 10.6 Å². The topological polar surface area (TPSA) is 53.6 Å².